The zero-order chi connectivity index (χ0) is 16.3. The summed E-state index contributed by atoms with van der Waals surface area (Å²) in [6.07, 6.45) is 1.57. The maximum absolute atomic E-state index is 12.1. The molecule has 1 aliphatic heterocycles. The van der Waals surface area contributed by atoms with Gasteiger partial charge in [0.05, 0.1) is 21.3 Å². The Morgan fingerprint density at radius 2 is 1.68 bits per heavy atom. The number of ether oxygens (including phenoxy) is 3. The number of imide groups is 1. The Kier molecular flexibility index (Phi) is 4.55. The van der Waals surface area contributed by atoms with Crippen LogP contribution in [-0.2, 0) is 4.79 Å². The molecule has 0 unspecified atom stereocenters. The number of hydrogen-bond donors (Lipinski definition) is 1. The molecular formula is C15H18N2O5. The summed E-state index contributed by atoms with van der Waals surface area (Å²) in [5, 5.41) is 2.54. The summed E-state index contributed by atoms with van der Waals surface area (Å²) in [6, 6.07) is 2.97. The van der Waals surface area contributed by atoms with E-state index in [-0.39, 0.29) is 11.6 Å². The van der Waals surface area contributed by atoms with E-state index in [1.54, 1.807) is 25.1 Å². The van der Waals surface area contributed by atoms with Crippen molar-refractivity contribution in [2.75, 3.05) is 27.9 Å². The summed E-state index contributed by atoms with van der Waals surface area (Å²) in [5.74, 6) is 1.04. The highest BCUT2D eigenvalue weighted by atomic mass is 16.5. The van der Waals surface area contributed by atoms with Gasteiger partial charge in [0.25, 0.3) is 5.91 Å². The van der Waals surface area contributed by atoms with Crippen molar-refractivity contribution in [3.8, 4) is 17.2 Å². The second-order valence-corrected chi connectivity index (χ2v) is 4.50. The van der Waals surface area contributed by atoms with Gasteiger partial charge in [-0.3, -0.25) is 9.69 Å². The van der Waals surface area contributed by atoms with Crippen molar-refractivity contribution >= 4 is 18.0 Å². The molecule has 1 N–H and O–H groups in total. The maximum atomic E-state index is 12.1. The number of carbonyl (C=O) groups is 2. The Hall–Kier alpha value is -2.70. The van der Waals surface area contributed by atoms with Crippen LogP contribution in [0.25, 0.3) is 6.08 Å². The van der Waals surface area contributed by atoms with E-state index in [2.05, 4.69) is 5.32 Å². The van der Waals surface area contributed by atoms with Gasteiger partial charge in [-0.2, -0.15) is 0 Å². The van der Waals surface area contributed by atoms with Crippen LogP contribution in [0.5, 0.6) is 17.2 Å². The number of methoxy groups -OCH3 is 3. The summed E-state index contributed by atoms with van der Waals surface area (Å²) in [7, 11) is 4.53. The lowest BCUT2D eigenvalue weighted by Crippen LogP contribution is -2.30. The molecular weight excluding hydrogens is 288 g/mol. The largest absolute Gasteiger partial charge is 0.493 e. The van der Waals surface area contributed by atoms with Crippen molar-refractivity contribution < 1.29 is 23.8 Å². The Morgan fingerprint density at radius 1 is 1.09 bits per heavy atom. The topological polar surface area (TPSA) is 77.1 Å². The van der Waals surface area contributed by atoms with Crippen LogP contribution in [0.1, 0.15) is 12.5 Å². The molecule has 0 aromatic heterocycles. The van der Waals surface area contributed by atoms with Gasteiger partial charge in [-0.05, 0) is 30.7 Å². The first-order chi connectivity index (χ1) is 10.5. The average molecular weight is 306 g/mol. The molecule has 1 saturated heterocycles. The van der Waals surface area contributed by atoms with Crippen LogP contribution in [0.3, 0.4) is 0 Å². The van der Waals surface area contributed by atoms with E-state index >= 15 is 0 Å². The molecule has 0 saturated carbocycles. The van der Waals surface area contributed by atoms with Crippen LogP contribution in [0.2, 0.25) is 0 Å². The van der Waals surface area contributed by atoms with Crippen LogP contribution in [-0.4, -0.2) is 44.7 Å². The summed E-state index contributed by atoms with van der Waals surface area (Å²) in [4.78, 5) is 24.8. The number of likely N-dealkylation sites (N-methyl/N-ethyl adjacent to an activating group) is 1. The molecule has 22 heavy (non-hydrogen) atoms. The third-order valence-electron chi connectivity index (χ3n) is 3.28. The van der Waals surface area contributed by atoms with E-state index in [1.807, 2.05) is 0 Å². The molecule has 0 aliphatic carbocycles. The van der Waals surface area contributed by atoms with Crippen molar-refractivity contribution in [3.63, 3.8) is 0 Å². The van der Waals surface area contributed by atoms with Gasteiger partial charge in [0.15, 0.2) is 11.5 Å². The van der Waals surface area contributed by atoms with Gasteiger partial charge in [-0.1, -0.05) is 0 Å². The summed E-state index contributed by atoms with van der Waals surface area (Å²) >= 11 is 0. The Labute approximate surface area is 128 Å². The fourth-order valence-electron chi connectivity index (χ4n) is 2.21. The molecule has 1 aromatic rings. The predicted octanol–water partition coefficient (Wildman–Crippen LogP) is 1.62. The van der Waals surface area contributed by atoms with Gasteiger partial charge in [0, 0.05) is 6.54 Å². The number of urea groups is 1. The second kappa shape index (κ2) is 6.38. The lowest BCUT2D eigenvalue weighted by molar-refractivity contribution is -0.122. The van der Waals surface area contributed by atoms with Gasteiger partial charge < -0.3 is 19.5 Å². The molecule has 7 heteroatoms. The number of hydrogen-bond acceptors (Lipinski definition) is 5. The standard InChI is InChI=1S/C15H18N2O5/c1-5-17-14(18)10(16-15(17)19)6-9-7-11(20-2)13(22-4)12(8-9)21-3/h6-8H,5H2,1-4H3,(H,16,19)/b10-6+. The molecule has 0 radical (unpaired) electrons. The molecule has 0 spiro atoms. The third kappa shape index (κ3) is 2.69. The summed E-state index contributed by atoms with van der Waals surface area (Å²) < 4.78 is 15.8. The third-order valence-corrected chi connectivity index (χ3v) is 3.28. The number of amides is 3. The highest BCUT2D eigenvalue weighted by Crippen LogP contribution is 2.38. The lowest BCUT2D eigenvalue weighted by atomic mass is 10.1. The number of nitrogens with zero attached hydrogens (tertiary/aromatic N) is 1. The van der Waals surface area contributed by atoms with E-state index in [9.17, 15) is 9.59 Å². The van der Waals surface area contributed by atoms with Crippen molar-refractivity contribution in [3.05, 3.63) is 23.4 Å². The fourth-order valence-corrected chi connectivity index (χ4v) is 2.21. The van der Waals surface area contributed by atoms with Crippen molar-refractivity contribution in [2.45, 2.75) is 6.92 Å². The van der Waals surface area contributed by atoms with Gasteiger partial charge in [-0.15, -0.1) is 0 Å². The minimum atomic E-state index is -0.425. The number of nitrogens with one attached hydrogen (secondary N) is 1. The van der Waals surface area contributed by atoms with Crippen molar-refractivity contribution in [2.24, 2.45) is 0 Å². The smallest absolute Gasteiger partial charge is 0.328 e. The average Bonchev–Trinajstić information content (AvgIpc) is 2.79. The zero-order valence-electron chi connectivity index (χ0n) is 12.9. The van der Waals surface area contributed by atoms with Gasteiger partial charge in [0.2, 0.25) is 5.75 Å². The van der Waals surface area contributed by atoms with E-state index in [0.717, 1.165) is 4.90 Å². The molecule has 3 amide bonds. The molecule has 118 valence electrons. The first-order valence-electron chi connectivity index (χ1n) is 6.70. The summed E-state index contributed by atoms with van der Waals surface area (Å²) in [5.41, 5.74) is 0.859. The van der Waals surface area contributed by atoms with E-state index in [4.69, 9.17) is 14.2 Å². The molecule has 0 atom stereocenters. The first-order valence-corrected chi connectivity index (χ1v) is 6.70. The second-order valence-electron chi connectivity index (χ2n) is 4.50. The quantitative estimate of drug-likeness (QED) is 0.661. The maximum Gasteiger partial charge on any atom is 0.328 e. The highest BCUT2D eigenvalue weighted by molar-refractivity contribution is 6.13. The van der Waals surface area contributed by atoms with E-state index in [1.165, 1.54) is 21.3 Å². The highest BCUT2D eigenvalue weighted by Gasteiger charge is 2.32. The van der Waals surface area contributed by atoms with Crippen LogP contribution in [0.15, 0.2) is 17.8 Å². The first kappa shape index (κ1) is 15.7. The molecule has 0 bridgehead atoms. The van der Waals surface area contributed by atoms with Crippen LogP contribution in [0.4, 0.5) is 4.79 Å². The molecule has 1 aliphatic rings. The van der Waals surface area contributed by atoms with Crippen LogP contribution < -0.4 is 19.5 Å². The van der Waals surface area contributed by atoms with E-state index in [0.29, 0.717) is 29.4 Å². The molecule has 1 heterocycles. The molecule has 7 nitrogen and oxygen atoms in total. The normalized spacial score (nSPS) is 16.0. The Balaban J connectivity index is 2.44. The summed E-state index contributed by atoms with van der Waals surface area (Å²) in [6.45, 7) is 2.05. The Morgan fingerprint density at radius 3 is 2.09 bits per heavy atom. The molecule has 1 fully saturated rings. The van der Waals surface area contributed by atoms with Crippen LogP contribution >= 0.6 is 0 Å². The van der Waals surface area contributed by atoms with Crippen LogP contribution in [0, 0.1) is 0 Å². The number of carbonyl (C=O) groups excluding carboxylic acids is 2. The van der Waals surface area contributed by atoms with Gasteiger partial charge in [-0.25, -0.2) is 4.79 Å². The van der Waals surface area contributed by atoms with Gasteiger partial charge >= 0.3 is 6.03 Å². The monoisotopic (exact) mass is 306 g/mol. The predicted molar refractivity (Wildman–Crippen MR) is 80.0 cm³/mol. The van der Waals surface area contributed by atoms with Crippen molar-refractivity contribution in [1.29, 1.82) is 0 Å². The Bertz CT molecular complexity index is 614. The number of rotatable bonds is 5. The molecule has 2 rings (SSSR count). The lowest BCUT2D eigenvalue weighted by Gasteiger charge is -2.13. The minimum Gasteiger partial charge on any atom is -0.493 e. The van der Waals surface area contributed by atoms with E-state index < -0.39 is 6.03 Å². The fraction of sp³-hybridized carbons (Fsp3) is 0.333. The number of benzene rings is 1. The zero-order valence-corrected chi connectivity index (χ0v) is 12.9. The molecule has 1 aromatic carbocycles. The minimum absolute atomic E-state index is 0.209. The van der Waals surface area contributed by atoms with Gasteiger partial charge in [0.1, 0.15) is 5.70 Å². The SMILES string of the molecule is CCN1C(=O)N/C(=C/c2cc(OC)c(OC)c(OC)c2)C1=O. The van der Waals surface area contributed by atoms with Crippen molar-refractivity contribution in [1.82, 2.24) is 10.2 Å².